The van der Waals surface area contributed by atoms with Crippen LogP contribution < -0.4 is 11.1 Å². The molecular weight excluding hydrogens is 244 g/mol. The van der Waals surface area contributed by atoms with Crippen molar-refractivity contribution in [3.8, 4) is 0 Å². The van der Waals surface area contributed by atoms with Crippen molar-refractivity contribution in [3.05, 3.63) is 11.9 Å². The number of aliphatic hydroxyl groups excluding tert-OH is 1. The molecule has 1 aliphatic rings. The van der Waals surface area contributed by atoms with Crippen LogP contribution in [-0.4, -0.2) is 34.3 Å². The number of anilines is 2. The Kier molecular flexibility index (Phi) is 4.55. The van der Waals surface area contributed by atoms with E-state index in [0.29, 0.717) is 24.1 Å². The lowest BCUT2D eigenvalue weighted by Crippen LogP contribution is -2.44. The molecule has 6 nitrogen and oxygen atoms in total. The van der Waals surface area contributed by atoms with E-state index in [2.05, 4.69) is 15.3 Å². The van der Waals surface area contributed by atoms with Gasteiger partial charge in [-0.05, 0) is 12.8 Å². The Labute approximate surface area is 113 Å². The van der Waals surface area contributed by atoms with Gasteiger partial charge in [0.05, 0.1) is 12.1 Å². The summed E-state index contributed by atoms with van der Waals surface area (Å²) in [6.07, 6.45) is 5.38. The average molecular weight is 266 g/mol. The van der Waals surface area contributed by atoms with Gasteiger partial charge in [-0.25, -0.2) is 9.97 Å². The lowest BCUT2D eigenvalue weighted by Gasteiger charge is -2.37. The van der Waals surface area contributed by atoms with E-state index in [-0.39, 0.29) is 12.1 Å². The van der Waals surface area contributed by atoms with Crippen LogP contribution in [0.25, 0.3) is 0 Å². The van der Waals surface area contributed by atoms with Gasteiger partial charge in [0.2, 0.25) is 0 Å². The van der Waals surface area contributed by atoms with Gasteiger partial charge >= 0.3 is 0 Å². The number of ether oxygens (including phenoxy) is 1. The van der Waals surface area contributed by atoms with Gasteiger partial charge < -0.3 is 20.9 Å². The van der Waals surface area contributed by atoms with Crippen LogP contribution in [0.5, 0.6) is 0 Å². The van der Waals surface area contributed by atoms with Gasteiger partial charge in [0.15, 0.2) is 5.82 Å². The third kappa shape index (κ3) is 3.54. The van der Waals surface area contributed by atoms with Gasteiger partial charge in [0, 0.05) is 13.2 Å². The molecule has 1 heterocycles. The summed E-state index contributed by atoms with van der Waals surface area (Å²) in [5.41, 5.74) is 5.50. The average Bonchev–Trinajstić information content (AvgIpc) is 2.39. The Hall–Kier alpha value is -1.40. The zero-order valence-corrected chi connectivity index (χ0v) is 11.4. The van der Waals surface area contributed by atoms with Crippen LogP contribution in [0.3, 0.4) is 0 Å². The standard InChI is InChI=1S/C13H22N4O2/c1-19-8-12-15-10(14)7-11(16-12)17-13(9-18)5-3-2-4-6-13/h7,18H,2-6,8-9H2,1H3,(H3,14,15,16,17). The molecule has 19 heavy (non-hydrogen) atoms. The number of nitrogens with two attached hydrogens (primary N) is 1. The summed E-state index contributed by atoms with van der Waals surface area (Å²) >= 11 is 0. The van der Waals surface area contributed by atoms with Crippen molar-refractivity contribution in [2.75, 3.05) is 24.8 Å². The van der Waals surface area contributed by atoms with Crippen molar-refractivity contribution in [2.24, 2.45) is 0 Å². The minimum Gasteiger partial charge on any atom is -0.394 e. The lowest BCUT2D eigenvalue weighted by atomic mass is 9.82. The number of hydrogen-bond donors (Lipinski definition) is 3. The maximum atomic E-state index is 9.68. The Bertz CT molecular complexity index is 419. The van der Waals surface area contributed by atoms with Crippen molar-refractivity contribution in [2.45, 2.75) is 44.2 Å². The summed E-state index contributed by atoms with van der Waals surface area (Å²) in [6, 6.07) is 1.70. The fraction of sp³-hybridized carbons (Fsp3) is 0.692. The maximum absolute atomic E-state index is 9.68. The summed E-state index contributed by atoms with van der Waals surface area (Å²) in [5, 5.41) is 13.0. The molecule has 0 unspecified atom stereocenters. The van der Waals surface area contributed by atoms with E-state index >= 15 is 0 Å². The number of aliphatic hydroxyl groups is 1. The molecule has 1 aliphatic carbocycles. The summed E-state index contributed by atoms with van der Waals surface area (Å²) in [5.74, 6) is 1.62. The van der Waals surface area contributed by atoms with Gasteiger partial charge in [0.25, 0.3) is 0 Å². The van der Waals surface area contributed by atoms with E-state index in [0.717, 1.165) is 25.7 Å². The highest BCUT2D eigenvalue weighted by Gasteiger charge is 2.31. The molecule has 0 amide bonds. The second kappa shape index (κ2) is 6.16. The van der Waals surface area contributed by atoms with E-state index in [1.807, 2.05) is 0 Å². The topological polar surface area (TPSA) is 93.3 Å². The summed E-state index contributed by atoms with van der Waals surface area (Å²) in [7, 11) is 1.59. The smallest absolute Gasteiger partial charge is 0.158 e. The van der Waals surface area contributed by atoms with Crippen LogP contribution in [0, 0.1) is 0 Å². The minimum atomic E-state index is -0.274. The second-order valence-electron chi connectivity index (χ2n) is 5.15. The number of nitrogens with one attached hydrogen (secondary N) is 1. The Balaban J connectivity index is 2.16. The van der Waals surface area contributed by atoms with Gasteiger partial charge in [-0.15, -0.1) is 0 Å². The summed E-state index contributed by atoms with van der Waals surface area (Å²) in [6.45, 7) is 0.433. The molecule has 0 radical (unpaired) electrons. The number of nitrogens with zero attached hydrogens (tertiary/aromatic N) is 2. The molecule has 1 aromatic heterocycles. The first kappa shape index (κ1) is 14.0. The van der Waals surface area contributed by atoms with Gasteiger partial charge in [0.1, 0.15) is 18.2 Å². The fourth-order valence-electron chi connectivity index (χ4n) is 2.60. The first-order chi connectivity index (χ1) is 9.17. The van der Waals surface area contributed by atoms with Crippen LogP contribution in [0.15, 0.2) is 6.07 Å². The molecule has 4 N–H and O–H groups in total. The molecule has 0 saturated heterocycles. The van der Waals surface area contributed by atoms with Crippen molar-refractivity contribution < 1.29 is 9.84 Å². The number of nitrogen functional groups attached to an aromatic ring is 1. The SMILES string of the molecule is COCc1nc(N)cc(NC2(CO)CCCCC2)n1. The van der Waals surface area contributed by atoms with Crippen molar-refractivity contribution >= 4 is 11.6 Å². The van der Waals surface area contributed by atoms with Crippen LogP contribution in [0.4, 0.5) is 11.6 Å². The Morgan fingerprint density at radius 3 is 2.74 bits per heavy atom. The molecule has 1 aromatic rings. The van der Waals surface area contributed by atoms with E-state index in [1.54, 1.807) is 13.2 Å². The monoisotopic (exact) mass is 266 g/mol. The molecule has 0 aromatic carbocycles. The lowest BCUT2D eigenvalue weighted by molar-refractivity contribution is 0.171. The Morgan fingerprint density at radius 2 is 2.11 bits per heavy atom. The van der Waals surface area contributed by atoms with Crippen molar-refractivity contribution in [1.82, 2.24) is 9.97 Å². The quantitative estimate of drug-likeness (QED) is 0.744. The van der Waals surface area contributed by atoms with Crippen molar-refractivity contribution in [3.63, 3.8) is 0 Å². The van der Waals surface area contributed by atoms with Crippen LogP contribution in [0.2, 0.25) is 0 Å². The van der Waals surface area contributed by atoms with E-state index < -0.39 is 0 Å². The first-order valence-corrected chi connectivity index (χ1v) is 6.69. The zero-order valence-electron chi connectivity index (χ0n) is 11.4. The first-order valence-electron chi connectivity index (χ1n) is 6.69. The normalized spacial score (nSPS) is 18.2. The molecule has 1 fully saturated rings. The minimum absolute atomic E-state index is 0.108. The van der Waals surface area contributed by atoms with E-state index in [1.165, 1.54) is 6.42 Å². The van der Waals surface area contributed by atoms with Crippen LogP contribution >= 0.6 is 0 Å². The van der Waals surface area contributed by atoms with E-state index in [4.69, 9.17) is 10.5 Å². The highest BCUT2D eigenvalue weighted by Crippen LogP contribution is 2.31. The van der Waals surface area contributed by atoms with Gasteiger partial charge in [-0.2, -0.15) is 0 Å². The van der Waals surface area contributed by atoms with Crippen LogP contribution in [0.1, 0.15) is 37.9 Å². The third-order valence-corrected chi connectivity index (χ3v) is 3.57. The number of methoxy groups -OCH3 is 1. The maximum Gasteiger partial charge on any atom is 0.158 e. The summed E-state index contributed by atoms with van der Waals surface area (Å²) in [4.78, 5) is 8.48. The van der Waals surface area contributed by atoms with E-state index in [9.17, 15) is 5.11 Å². The molecule has 0 aliphatic heterocycles. The second-order valence-corrected chi connectivity index (χ2v) is 5.15. The zero-order chi connectivity index (χ0) is 13.7. The summed E-state index contributed by atoms with van der Waals surface area (Å²) < 4.78 is 5.02. The highest BCUT2D eigenvalue weighted by molar-refractivity contribution is 5.46. The molecule has 0 bridgehead atoms. The molecular formula is C13H22N4O2. The molecule has 2 rings (SSSR count). The fourth-order valence-corrected chi connectivity index (χ4v) is 2.60. The largest absolute Gasteiger partial charge is 0.394 e. The number of aromatic nitrogens is 2. The van der Waals surface area contributed by atoms with Crippen LogP contribution in [-0.2, 0) is 11.3 Å². The molecule has 106 valence electrons. The predicted octanol–water partition coefficient (Wildman–Crippen LogP) is 1.31. The highest BCUT2D eigenvalue weighted by atomic mass is 16.5. The Morgan fingerprint density at radius 1 is 1.37 bits per heavy atom. The predicted molar refractivity (Wildman–Crippen MR) is 73.7 cm³/mol. The van der Waals surface area contributed by atoms with Gasteiger partial charge in [-0.3, -0.25) is 0 Å². The molecule has 6 heteroatoms. The number of rotatable bonds is 5. The molecule has 0 atom stereocenters. The van der Waals surface area contributed by atoms with Crippen molar-refractivity contribution in [1.29, 1.82) is 0 Å². The molecule has 0 spiro atoms. The molecule has 1 saturated carbocycles. The van der Waals surface area contributed by atoms with Gasteiger partial charge in [-0.1, -0.05) is 19.3 Å². The third-order valence-electron chi connectivity index (χ3n) is 3.57. The number of hydrogen-bond acceptors (Lipinski definition) is 6.